The highest BCUT2D eigenvalue weighted by molar-refractivity contribution is 5.04. The molecule has 1 fully saturated rings. The summed E-state index contributed by atoms with van der Waals surface area (Å²) in [4.78, 5) is 2.62. The van der Waals surface area contributed by atoms with Crippen LogP contribution in [0.5, 0.6) is 0 Å². The predicted molar refractivity (Wildman–Crippen MR) is 79.3 cm³/mol. The number of unbranched alkanes of at least 4 members (excludes halogenated alkanes) is 1. The van der Waals surface area contributed by atoms with Crippen molar-refractivity contribution in [2.75, 3.05) is 26.2 Å². The van der Waals surface area contributed by atoms with E-state index in [4.69, 9.17) is 0 Å². The first-order valence-electron chi connectivity index (χ1n) is 7.71. The Kier molecular flexibility index (Phi) is 5.86. The van der Waals surface area contributed by atoms with Crippen LogP contribution < -0.4 is 5.32 Å². The lowest BCUT2D eigenvalue weighted by molar-refractivity contribution is 0.248. The van der Waals surface area contributed by atoms with Gasteiger partial charge in [0, 0.05) is 32.4 Å². The minimum absolute atomic E-state index is 0.714. The van der Waals surface area contributed by atoms with Crippen LogP contribution in [0.15, 0.2) is 12.4 Å². The van der Waals surface area contributed by atoms with Gasteiger partial charge in [0.15, 0.2) is 0 Å². The van der Waals surface area contributed by atoms with Crippen LogP contribution in [-0.2, 0) is 13.5 Å². The van der Waals surface area contributed by atoms with Crippen molar-refractivity contribution in [3.05, 3.63) is 18.0 Å². The number of hydrogen-bond donors (Lipinski definition) is 1. The van der Waals surface area contributed by atoms with Crippen LogP contribution in [0, 0.1) is 0 Å². The molecule has 1 aliphatic heterocycles. The van der Waals surface area contributed by atoms with E-state index < -0.39 is 0 Å². The maximum Gasteiger partial charge on any atom is 0.0522 e. The lowest BCUT2D eigenvalue weighted by Gasteiger charge is -2.25. The normalized spacial score (nSPS) is 19.4. The van der Waals surface area contributed by atoms with Crippen molar-refractivity contribution in [1.29, 1.82) is 0 Å². The van der Waals surface area contributed by atoms with Crippen molar-refractivity contribution in [3.8, 4) is 0 Å². The highest BCUT2D eigenvalue weighted by Gasteiger charge is 2.17. The Morgan fingerprint density at radius 3 is 3.00 bits per heavy atom. The molecule has 2 rings (SSSR count). The molecule has 0 saturated carbocycles. The Hall–Kier alpha value is -0.870. The number of nitrogens with zero attached hydrogens (tertiary/aromatic N) is 3. The Labute approximate surface area is 117 Å². The van der Waals surface area contributed by atoms with Crippen LogP contribution in [0.4, 0.5) is 0 Å². The number of aryl methyl sites for hydroxylation is 1. The van der Waals surface area contributed by atoms with Crippen molar-refractivity contribution < 1.29 is 0 Å². The average molecular weight is 264 g/mol. The second-order valence-corrected chi connectivity index (χ2v) is 5.72. The van der Waals surface area contributed by atoms with Crippen molar-refractivity contribution in [1.82, 2.24) is 20.0 Å². The van der Waals surface area contributed by atoms with Crippen molar-refractivity contribution >= 4 is 0 Å². The fourth-order valence-electron chi connectivity index (χ4n) is 2.79. The molecule has 1 saturated heterocycles. The van der Waals surface area contributed by atoms with E-state index in [0.717, 1.165) is 13.0 Å². The summed E-state index contributed by atoms with van der Waals surface area (Å²) >= 11 is 0. The van der Waals surface area contributed by atoms with Gasteiger partial charge in [0.05, 0.1) is 6.20 Å². The molecule has 1 atom stereocenters. The minimum Gasteiger partial charge on any atom is -0.313 e. The molecule has 0 amide bonds. The molecule has 1 aromatic rings. The molecule has 4 nitrogen and oxygen atoms in total. The van der Waals surface area contributed by atoms with Crippen LogP contribution in [0.1, 0.15) is 38.2 Å². The number of rotatable bonds is 8. The zero-order valence-corrected chi connectivity index (χ0v) is 12.4. The van der Waals surface area contributed by atoms with Gasteiger partial charge in [-0.25, -0.2) is 0 Å². The van der Waals surface area contributed by atoms with E-state index in [1.165, 1.54) is 50.9 Å². The third-order valence-electron chi connectivity index (χ3n) is 3.94. The summed E-state index contributed by atoms with van der Waals surface area (Å²) in [5, 5.41) is 7.85. The topological polar surface area (TPSA) is 33.1 Å². The van der Waals surface area contributed by atoms with Gasteiger partial charge < -0.3 is 10.2 Å². The summed E-state index contributed by atoms with van der Waals surface area (Å²) in [6, 6.07) is 0.714. The number of nitrogens with one attached hydrogen (secondary N) is 1. The summed E-state index contributed by atoms with van der Waals surface area (Å²) in [5.74, 6) is 0. The first-order chi connectivity index (χ1) is 9.28. The summed E-state index contributed by atoms with van der Waals surface area (Å²) in [6.07, 6.45) is 10.5. The lowest BCUT2D eigenvalue weighted by Crippen LogP contribution is -2.39. The Bertz CT molecular complexity index is 355. The van der Waals surface area contributed by atoms with Gasteiger partial charge in [-0.1, -0.05) is 13.3 Å². The fraction of sp³-hybridized carbons (Fsp3) is 0.800. The Morgan fingerprint density at radius 2 is 2.37 bits per heavy atom. The van der Waals surface area contributed by atoms with E-state index in [1.54, 1.807) is 0 Å². The van der Waals surface area contributed by atoms with Crippen LogP contribution in [0.25, 0.3) is 0 Å². The third kappa shape index (κ3) is 4.96. The molecular weight excluding hydrogens is 236 g/mol. The molecule has 0 bridgehead atoms. The highest BCUT2D eigenvalue weighted by Crippen LogP contribution is 2.09. The SMILES string of the molecule is CCCCN(CCc1cnn(C)c1)CC1CCCN1. The number of hydrogen-bond acceptors (Lipinski definition) is 3. The zero-order valence-electron chi connectivity index (χ0n) is 12.4. The van der Waals surface area contributed by atoms with Crippen LogP contribution in [0.3, 0.4) is 0 Å². The summed E-state index contributed by atoms with van der Waals surface area (Å²) < 4.78 is 1.89. The molecule has 19 heavy (non-hydrogen) atoms. The standard InChI is InChI=1S/C15H28N4/c1-3-4-9-19(13-15-6-5-8-16-15)10-7-14-11-17-18(2)12-14/h11-12,15-16H,3-10,13H2,1-2H3. The smallest absolute Gasteiger partial charge is 0.0522 e. The zero-order chi connectivity index (χ0) is 13.5. The predicted octanol–water partition coefficient (Wildman–Crippen LogP) is 1.82. The monoisotopic (exact) mass is 264 g/mol. The van der Waals surface area contributed by atoms with Gasteiger partial charge >= 0.3 is 0 Å². The van der Waals surface area contributed by atoms with Crippen LogP contribution >= 0.6 is 0 Å². The number of aromatic nitrogens is 2. The van der Waals surface area contributed by atoms with Crippen LogP contribution in [-0.4, -0.2) is 46.9 Å². The molecule has 108 valence electrons. The average Bonchev–Trinajstić information content (AvgIpc) is 3.04. The van der Waals surface area contributed by atoms with E-state index >= 15 is 0 Å². The molecule has 4 heteroatoms. The lowest BCUT2D eigenvalue weighted by atomic mass is 10.2. The molecule has 1 unspecified atom stereocenters. The molecule has 1 aromatic heterocycles. The third-order valence-corrected chi connectivity index (χ3v) is 3.94. The van der Waals surface area contributed by atoms with Gasteiger partial charge in [-0.3, -0.25) is 4.68 Å². The van der Waals surface area contributed by atoms with Gasteiger partial charge in [0.25, 0.3) is 0 Å². The van der Waals surface area contributed by atoms with E-state index in [-0.39, 0.29) is 0 Å². The van der Waals surface area contributed by atoms with E-state index in [0.29, 0.717) is 6.04 Å². The minimum atomic E-state index is 0.714. The molecule has 0 aliphatic carbocycles. The summed E-state index contributed by atoms with van der Waals surface area (Å²) in [7, 11) is 1.99. The van der Waals surface area contributed by atoms with E-state index in [1.807, 2.05) is 17.9 Å². The van der Waals surface area contributed by atoms with E-state index in [9.17, 15) is 0 Å². The fourth-order valence-corrected chi connectivity index (χ4v) is 2.79. The maximum atomic E-state index is 4.25. The van der Waals surface area contributed by atoms with E-state index in [2.05, 4.69) is 28.4 Å². The van der Waals surface area contributed by atoms with Crippen molar-refractivity contribution in [2.45, 2.75) is 45.1 Å². The van der Waals surface area contributed by atoms with Crippen molar-refractivity contribution in [3.63, 3.8) is 0 Å². The Balaban J connectivity index is 1.78. The van der Waals surface area contributed by atoms with Crippen molar-refractivity contribution in [2.24, 2.45) is 7.05 Å². The molecule has 1 aliphatic rings. The summed E-state index contributed by atoms with van der Waals surface area (Å²) in [5.41, 5.74) is 1.35. The largest absolute Gasteiger partial charge is 0.313 e. The quantitative estimate of drug-likeness (QED) is 0.777. The first-order valence-corrected chi connectivity index (χ1v) is 7.71. The van der Waals surface area contributed by atoms with Gasteiger partial charge in [0.1, 0.15) is 0 Å². The van der Waals surface area contributed by atoms with Gasteiger partial charge in [-0.2, -0.15) is 5.10 Å². The first kappa shape index (κ1) is 14.5. The van der Waals surface area contributed by atoms with Gasteiger partial charge in [0.2, 0.25) is 0 Å². The molecular formula is C15H28N4. The maximum absolute atomic E-state index is 4.25. The molecule has 0 spiro atoms. The van der Waals surface area contributed by atoms with Gasteiger partial charge in [-0.05, 0) is 44.3 Å². The Morgan fingerprint density at radius 1 is 1.47 bits per heavy atom. The molecule has 0 radical (unpaired) electrons. The molecule has 0 aromatic carbocycles. The van der Waals surface area contributed by atoms with Crippen LogP contribution in [0.2, 0.25) is 0 Å². The summed E-state index contributed by atoms with van der Waals surface area (Å²) in [6.45, 7) is 7.07. The highest BCUT2D eigenvalue weighted by atomic mass is 15.2. The molecule has 2 heterocycles. The molecule has 1 N–H and O–H groups in total. The second kappa shape index (κ2) is 7.65. The van der Waals surface area contributed by atoms with Gasteiger partial charge in [-0.15, -0.1) is 0 Å². The second-order valence-electron chi connectivity index (χ2n) is 5.72.